The van der Waals surface area contributed by atoms with E-state index >= 15 is 0 Å². The topological polar surface area (TPSA) is 12.0 Å². The second-order valence-electron chi connectivity index (χ2n) is 4.45. The molecule has 0 radical (unpaired) electrons. The molecule has 1 aromatic rings. The van der Waals surface area contributed by atoms with Crippen molar-refractivity contribution < 1.29 is 4.39 Å². The Kier molecular flexibility index (Phi) is 4.19. The molecule has 3 heteroatoms. The maximum Gasteiger partial charge on any atom is 0.123 e. The lowest BCUT2D eigenvalue weighted by atomic mass is 9.95. The fraction of sp³-hybridized carbons (Fsp3) is 0.538. The molecule has 16 heavy (non-hydrogen) atoms. The summed E-state index contributed by atoms with van der Waals surface area (Å²) in [5, 5.41) is 4.10. The highest BCUT2D eigenvalue weighted by Gasteiger charge is 2.13. The molecule has 0 amide bonds. The van der Waals surface area contributed by atoms with E-state index in [-0.39, 0.29) is 5.82 Å². The molecule has 0 saturated heterocycles. The van der Waals surface area contributed by atoms with Gasteiger partial charge in [0.1, 0.15) is 5.82 Å². The van der Waals surface area contributed by atoms with Crippen molar-refractivity contribution in [2.45, 2.75) is 44.7 Å². The molecule has 1 fully saturated rings. The van der Waals surface area contributed by atoms with Gasteiger partial charge in [0, 0.05) is 17.6 Å². The number of halogens is 2. The van der Waals surface area contributed by atoms with Crippen molar-refractivity contribution in [2.75, 3.05) is 0 Å². The number of benzene rings is 1. The highest BCUT2D eigenvalue weighted by atomic mass is 35.5. The molecule has 1 nitrogen and oxygen atoms in total. The minimum absolute atomic E-state index is 0.218. The molecular formula is C13H17ClFN. The Morgan fingerprint density at radius 2 is 2.00 bits per heavy atom. The molecule has 0 atom stereocenters. The van der Waals surface area contributed by atoms with Crippen molar-refractivity contribution in [3.8, 4) is 0 Å². The van der Waals surface area contributed by atoms with Crippen LogP contribution in [0.2, 0.25) is 5.02 Å². The van der Waals surface area contributed by atoms with Crippen LogP contribution >= 0.6 is 11.6 Å². The minimum Gasteiger partial charge on any atom is -0.310 e. The Labute approximate surface area is 101 Å². The van der Waals surface area contributed by atoms with E-state index < -0.39 is 0 Å². The van der Waals surface area contributed by atoms with Crippen LogP contribution in [-0.2, 0) is 6.54 Å². The van der Waals surface area contributed by atoms with Crippen LogP contribution in [0.3, 0.4) is 0 Å². The summed E-state index contributed by atoms with van der Waals surface area (Å²) in [6.07, 6.45) is 6.40. The van der Waals surface area contributed by atoms with Gasteiger partial charge in [-0.1, -0.05) is 30.9 Å². The molecule has 0 spiro atoms. The van der Waals surface area contributed by atoms with E-state index in [9.17, 15) is 4.39 Å². The van der Waals surface area contributed by atoms with E-state index in [0.717, 1.165) is 5.56 Å². The van der Waals surface area contributed by atoms with Gasteiger partial charge < -0.3 is 5.32 Å². The van der Waals surface area contributed by atoms with Crippen LogP contribution in [0.5, 0.6) is 0 Å². The van der Waals surface area contributed by atoms with Gasteiger partial charge in [0.2, 0.25) is 0 Å². The maximum absolute atomic E-state index is 13.0. The Morgan fingerprint density at radius 1 is 1.25 bits per heavy atom. The predicted molar refractivity (Wildman–Crippen MR) is 65.1 cm³/mol. The second kappa shape index (κ2) is 5.65. The van der Waals surface area contributed by atoms with Crippen molar-refractivity contribution in [1.29, 1.82) is 0 Å². The zero-order chi connectivity index (χ0) is 11.4. The summed E-state index contributed by atoms with van der Waals surface area (Å²) in [6, 6.07) is 5.10. The lowest BCUT2D eigenvalue weighted by Gasteiger charge is -2.23. The number of rotatable bonds is 3. The lowest BCUT2D eigenvalue weighted by Crippen LogP contribution is -2.30. The Balaban J connectivity index is 1.90. The molecule has 0 aromatic heterocycles. The van der Waals surface area contributed by atoms with Gasteiger partial charge in [0.25, 0.3) is 0 Å². The first kappa shape index (κ1) is 11.9. The number of nitrogens with one attached hydrogen (secondary N) is 1. The molecule has 0 unspecified atom stereocenters. The zero-order valence-electron chi connectivity index (χ0n) is 9.31. The molecule has 0 aliphatic heterocycles. The van der Waals surface area contributed by atoms with Crippen molar-refractivity contribution in [3.05, 3.63) is 34.6 Å². The maximum atomic E-state index is 13.0. The van der Waals surface area contributed by atoms with Gasteiger partial charge in [0.15, 0.2) is 0 Å². The normalized spacial score (nSPS) is 17.6. The molecule has 1 N–H and O–H groups in total. The van der Waals surface area contributed by atoms with Gasteiger partial charge >= 0.3 is 0 Å². The van der Waals surface area contributed by atoms with E-state index in [0.29, 0.717) is 17.6 Å². The average Bonchev–Trinajstić information content (AvgIpc) is 2.32. The summed E-state index contributed by atoms with van der Waals surface area (Å²) < 4.78 is 13.0. The van der Waals surface area contributed by atoms with Gasteiger partial charge in [-0.3, -0.25) is 0 Å². The molecule has 0 heterocycles. The summed E-state index contributed by atoms with van der Waals surface area (Å²) >= 11 is 6.01. The first-order chi connectivity index (χ1) is 7.75. The SMILES string of the molecule is Fc1ccc(Cl)c(CNC2CCCCC2)c1. The highest BCUT2D eigenvalue weighted by Crippen LogP contribution is 2.20. The van der Waals surface area contributed by atoms with Crippen LogP contribution in [0.15, 0.2) is 18.2 Å². The Morgan fingerprint density at radius 3 is 2.75 bits per heavy atom. The molecular weight excluding hydrogens is 225 g/mol. The summed E-state index contributed by atoms with van der Waals surface area (Å²) in [6.45, 7) is 0.668. The quantitative estimate of drug-likeness (QED) is 0.846. The van der Waals surface area contributed by atoms with Crippen LogP contribution in [0.1, 0.15) is 37.7 Å². The minimum atomic E-state index is -0.218. The fourth-order valence-corrected chi connectivity index (χ4v) is 2.42. The predicted octanol–water partition coefficient (Wildman–Crippen LogP) is 3.90. The third kappa shape index (κ3) is 3.19. The molecule has 1 aromatic carbocycles. The largest absolute Gasteiger partial charge is 0.310 e. The first-order valence-electron chi connectivity index (χ1n) is 5.93. The van der Waals surface area contributed by atoms with Crippen LogP contribution in [0, 0.1) is 5.82 Å². The van der Waals surface area contributed by atoms with Crippen molar-refractivity contribution in [3.63, 3.8) is 0 Å². The molecule has 88 valence electrons. The van der Waals surface area contributed by atoms with Crippen molar-refractivity contribution in [2.24, 2.45) is 0 Å². The summed E-state index contributed by atoms with van der Waals surface area (Å²) in [5.41, 5.74) is 0.854. The van der Waals surface area contributed by atoms with Crippen molar-refractivity contribution >= 4 is 11.6 Å². The zero-order valence-corrected chi connectivity index (χ0v) is 10.1. The van der Waals surface area contributed by atoms with Crippen LogP contribution in [0.4, 0.5) is 4.39 Å². The smallest absolute Gasteiger partial charge is 0.123 e. The van der Waals surface area contributed by atoms with E-state index in [1.54, 1.807) is 6.07 Å². The van der Waals surface area contributed by atoms with E-state index in [1.807, 2.05) is 0 Å². The van der Waals surface area contributed by atoms with Crippen molar-refractivity contribution in [1.82, 2.24) is 5.32 Å². The van der Waals surface area contributed by atoms with Gasteiger partial charge in [-0.25, -0.2) is 4.39 Å². The first-order valence-corrected chi connectivity index (χ1v) is 6.31. The Bertz CT molecular complexity index is 348. The molecule has 1 aliphatic rings. The van der Waals surface area contributed by atoms with Crippen LogP contribution in [-0.4, -0.2) is 6.04 Å². The summed E-state index contributed by atoms with van der Waals surface area (Å²) in [5.74, 6) is -0.218. The van der Waals surface area contributed by atoms with Gasteiger partial charge in [-0.15, -0.1) is 0 Å². The number of hydrogen-bond acceptors (Lipinski definition) is 1. The monoisotopic (exact) mass is 241 g/mol. The third-order valence-corrected chi connectivity index (χ3v) is 3.56. The standard InChI is InChI=1S/C13H17ClFN/c14-13-7-6-11(15)8-10(13)9-16-12-4-2-1-3-5-12/h6-8,12,16H,1-5,9H2. The van der Waals surface area contributed by atoms with Gasteiger partial charge in [-0.2, -0.15) is 0 Å². The Hall–Kier alpha value is -0.600. The number of hydrogen-bond donors (Lipinski definition) is 1. The van der Waals surface area contributed by atoms with E-state index in [1.165, 1.54) is 44.2 Å². The second-order valence-corrected chi connectivity index (χ2v) is 4.86. The average molecular weight is 242 g/mol. The third-order valence-electron chi connectivity index (χ3n) is 3.19. The molecule has 1 aliphatic carbocycles. The molecule has 0 bridgehead atoms. The van der Waals surface area contributed by atoms with Gasteiger partial charge in [0.05, 0.1) is 0 Å². The van der Waals surface area contributed by atoms with Gasteiger partial charge in [-0.05, 0) is 36.6 Å². The summed E-state index contributed by atoms with van der Waals surface area (Å²) in [7, 11) is 0. The molecule has 2 rings (SSSR count). The van der Waals surface area contributed by atoms with Crippen LogP contribution in [0.25, 0.3) is 0 Å². The van der Waals surface area contributed by atoms with Crippen LogP contribution < -0.4 is 5.32 Å². The fourth-order valence-electron chi connectivity index (χ4n) is 2.24. The van der Waals surface area contributed by atoms with E-state index in [2.05, 4.69) is 5.32 Å². The lowest BCUT2D eigenvalue weighted by molar-refractivity contribution is 0.372. The molecule has 1 saturated carbocycles. The highest BCUT2D eigenvalue weighted by molar-refractivity contribution is 6.31. The summed E-state index contributed by atoms with van der Waals surface area (Å²) in [4.78, 5) is 0. The van der Waals surface area contributed by atoms with E-state index in [4.69, 9.17) is 11.6 Å².